The van der Waals surface area contributed by atoms with E-state index in [-0.39, 0.29) is 10.8 Å². The van der Waals surface area contributed by atoms with Crippen LogP contribution in [0.4, 0.5) is 0 Å². The van der Waals surface area contributed by atoms with E-state index in [1.54, 1.807) is 39.8 Å². The minimum Gasteiger partial charge on any atom is -0.458 e. The number of nitrogens with one attached hydrogen (secondary N) is 1. The van der Waals surface area contributed by atoms with Crippen molar-refractivity contribution in [2.45, 2.75) is 39.3 Å². The van der Waals surface area contributed by atoms with Crippen LogP contribution in [-0.4, -0.2) is 28.5 Å². The molecule has 0 radical (unpaired) electrons. The summed E-state index contributed by atoms with van der Waals surface area (Å²) in [6.45, 7) is 6.84. The van der Waals surface area contributed by atoms with Crippen LogP contribution in [0.5, 0.6) is 0 Å². The number of ether oxygens (including phenoxy) is 1. The molecule has 0 saturated carbocycles. The molecule has 0 aliphatic heterocycles. The first-order valence-electron chi connectivity index (χ1n) is 5.85. The number of pyridine rings is 1. The second-order valence-corrected chi connectivity index (χ2v) is 5.46. The average molecular weight is 285 g/mol. The molecule has 6 heteroatoms. The highest BCUT2D eigenvalue weighted by molar-refractivity contribution is 6.29. The SMILES string of the molecule is C[C@H](NC(=O)c1cccc(Cl)n1)C(=O)OC(C)(C)C. The van der Waals surface area contributed by atoms with Crippen molar-refractivity contribution in [2.75, 3.05) is 0 Å². The minimum atomic E-state index is -0.757. The second-order valence-electron chi connectivity index (χ2n) is 5.07. The number of rotatable bonds is 3. The lowest BCUT2D eigenvalue weighted by Crippen LogP contribution is -2.42. The summed E-state index contributed by atoms with van der Waals surface area (Å²) in [5.74, 6) is -0.969. The van der Waals surface area contributed by atoms with E-state index in [0.29, 0.717) is 0 Å². The van der Waals surface area contributed by atoms with Crippen molar-refractivity contribution < 1.29 is 14.3 Å². The zero-order chi connectivity index (χ0) is 14.6. The van der Waals surface area contributed by atoms with Crippen LogP contribution in [0.1, 0.15) is 38.2 Å². The van der Waals surface area contributed by atoms with Gasteiger partial charge in [-0.2, -0.15) is 0 Å². The zero-order valence-corrected chi connectivity index (χ0v) is 12.1. The van der Waals surface area contributed by atoms with Gasteiger partial charge in [-0.3, -0.25) is 4.79 Å². The third-order valence-corrected chi connectivity index (χ3v) is 2.27. The summed E-state index contributed by atoms with van der Waals surface area (Å²) in [6, 6.07) is 3.94. The Balaban J connectivity index is 2.64. The number of esters is 1. The molecule has 0 spiro atoms. The van der Waals surface area contributed by atoms with E-state index >= 15 is 0 Å². The molecule has 1 aromatic rings. The van der Waals surface area contributed by atoms with Gasteiger partial charge in [0.25, 0.3) is 5.91 Å². The maximum Gasteiger partial charge on any atom is 0.328 e. The van der Waals surface area contributed by atoms with Gasteiger partial charge >= 0.3 is 5.97 Å². The zero-order valence-electron chi connectivity index (χ0n) is 11.4. The van der Waals surface area contributed by atoms with Crippen LogP contribution in [0.15, 0.2) is 18.2 Å². The first-order valence-corrected chi connectivity index (χ1v) is 6.23. The Hall–Kier alpha value is -1.62. The fourth-order valence-corrected chi connectivity index (χ4v) is 1.42. The molecule has 0 unspecified atom stereocenters. The largest absolute Gasteiger partial charge is 0.458 e. The fraction of sp³-hybridized carbons (Fsp3) is 0.462. The number of aromatic nitrogens is 1. The molecule has 1 heterocycles. The highest BCUT2D eigenvalue weighted by Gasteiger charge is 2.23. The molecule has 0 fully saturated rings. The molecule has 0 aliphatic carbocycles. The maximum absolute atomic E-state index is 11.8. The molecule has 1 atom stereocenters. The van der Waals surface area contributed by atoms with Crippen molar-refractivity contribution >= 4 is 23.5 Å². The van der Waals surface area contributed by atoms with Crippen molar-refractivity contribution in [1.82, 2.24) is 10.3 Å². The first kappa shape index (κ1) is 15.4. The van der Waals surface area contributed by atoms with Gasteiger partial charge in [-0.25, -0.2) is 9.78 Å². The van der Waals surface area contributed by atoms with Gasteiger partial charge < -0.3 is 10.1 Å². The van der Waals surface area contributed by atoms with E-state index in [9.17, 15) is 9.59 Å². The van der Waals surface area contributed by atoms with Gasteiger partial charge in [0.05, 0.1) is 0 Å². The molecule has 19 heavy (non-hydrogen) atoms. The summed E-state index contributed by atoms with van der Waals surface area (Å²) in [7, 11) is 0. The molecule has 1 aromatic heterocycles. The van der Waals surface area contributed by atoms with Gasteiger partial charge in [0.15, 0.2) is 0 Å². The van der Waals surface area contributed by atoms with Crippen LogP contribution in [0.2, 0.25) is 5.15 Å². The summed E-state index contributed by atoms with van der Waals surface area (Å²) in [6.07, 6.45) is 0. The van der Waals surface area contributed by atoms with Crippen LogP contribution in [-0.2, 0) is 9.53 Å². The molecule has 1 rings (SSSR count). The van der Waals surface area contributed by atoms with Crippen molar-refractivity contribution in [3.05, 3.63) is 29.0 Å². The number of halogens is 1. The van der Waals surface area contributed by atoms with Gasteiger partial charge in [-0.05, 0) is 39.8 Å². The summed E-state index contributed by atoms with van der Waals surface area (Å²) in [5, 5.41) is 2.73. The van der Waals surface area contributed by atoms with Crippen LogP contribution in [0, 0.1) is 0 Å². The quantitative estimate of drug-likeness (QED) is 0.682. The third-order valence-electron chi connectivity index (χ3n) is 2.06. The van der Waals surface area contributed by atoms with Crippen LogP contribution < -0.4 is 5.32 Å². The van der Waals surface area contributed by atoms with Crippen molar-refractivity contribution in [2.24, 2.45) is 0 Å². The molecular formula is C13H17ClN2O3. The third kappa shape index (κ3) is 5.26. The first-order chi connectivity index (χ1) is 8.69. The van der Waals surface area contributed by atoms with Gasteiger partial charge in [-0.15, -0.1) is 0 Å². The molecule has 1 N–H and O–H groups in total. The summed E-state index contributed by atoms with van der Waals surface area (Å²) >= 11 is 5.69. The summed E-state index contributed by atoms with van der Waals surface area (Å²) < 4.78 is 5.16. The number of hydrogen-bond acceptors (Lipinski definition) is 4. The lowest BCUT2D eigenvalue weighted by atomic mass is 10.2. The summed E-state index contributed by atoms with van der Waals surface area (Å²) in [5.41, 5.74) is -0.437. The van der Waals surface area contributed by atoms with Gasteiger partial charge in [0.2, 0.25) is 0 Å². The Kier molecular flexibility index (Phi) is 4.89. The Morgan fingerprint density at radius 1 is 1.37 bits per heavy atom. The standard InChI is InChI=1S/C13H17ClN2O3/c1-8(12(18)19-13(2,3)4)15-11(17)9-6-5-7-10(14)16-9/h5-8H,1-4H3,(H,15,17)/t8-/m0/s1. The number of carbonyl (C=O) groups excluding carboxylic acids is 2. The van der Waals surface area contributed by atoms with Crippen molar-refractivity contribution in [1.29, 1.82) is 0 Å². The van der Waals surface area contributed by atoms with Gasteiger partial charge in [0.1, 0.15) is 22.5 Å². The Bertz CT molecular complexity index is 483. The molecule has 0 bridgehead atoms. The fourth-order valence-electron chi connectivity index (χ4n) is 1.25. The number of nitrogens with zero attached hydrogens (tertiary/aromatic N) is 1. The van der Waals surface area contributed by atoms with Crippen molar-refractivity contribution in [3.8, 4) is 0 Å². The number of carbonyl (C=O) groups is 2. The van der Waals surface area contributed by atoms with E-state index < -0.39 is 23.5 Å². The Morgan fingerprint density at radius 2 is 2.00 bits per heavy atom. The van der Waals surface area contributed by atoms with Crippen LogP contribution >= 0.6 is 11.6 Å². The summed E-state index contributed by atoms with van der Waals surface area (Å²) in [4.78, 5) is 27.4. The highest BCUT2D eigenvalue weighted by atomic mass is 35.5. The van der Waals surface area contributed by atoms with E-state index in [0.717, 1.165) is 0 Å². The van der Waals surface area contributed by atoms with E-state index in [1.807, 2.05) is 0 Å². The van der Waals surface area contributed by atoms with Crippen molar-refractivity contribution in [3.63, 3.8) is 0 Å². The van der Waals surface area contributed by atoms with E-state index in [4.69, 9.17) is 16.3 Å². The number of amides is 1. The Morgan fingerprint density at radius 3 is 2.53 bits per heavy atom. The topological polar surface area (TPSA) is 68.3 Å². The molecule has 0 saturated heterocycles. The smallest absolute Gasteiger partial charge is 0.328 e. The molecule has 0 aromatic carbocycles. The maximum atomic E-state index is 11.8. The lowest BCUT2D eigenvalue weighted by Gasteiger charge is -2.22. The molecule has 0 aliphatic rings. The second kappa shape index (κ2) is 6.02. The monoisotopic (exact) mass is 284 g/mol. The normalized spacial score (nSPS) is 12.7. The van der Waals surface area contributed by atoms with Gasteiger partial charge in [-0.1, -0.05) is 17.7 Å². The van der Waals surface area contributed by atoms with E-state index in [1.165, 1.54) is 6.07 Å². The van der Waals surface area contributed by atoms with E-state index in [2.05, 4.69) is 10.3 Å². The molecule has 5 nitrogen and oxygen atoms in total. The minimum absolute atomic E-state index is 0.155. The van der Waals surface area contributed by atoms with Crippen LogP contribution in [0.3, 0.4) is 0 Å². The number of hydrogen-bond donors (Lipinski definition) is 1. The molecular weight excluding hydrogens is 268 g/mol. The highest BCUT2D eigenvalue weighted by Crippen LogP contribution is 2.09. The predicted molar refractivity (Wildman–Crippen MR) is 72.0 cm³/mol. The van der Waals surface area contributed by atoms with Crippen LogP contribution in [0.25, 0.3) is 0 Å². The Labute approximate surface area is 117 Å². The molecule has 104 valence electrons. The van der Waals surface area contributed by atoms with Gasteiger partial charge in [0, 0.05) is 0 Å². The lowest BCUT2D eigenvalue weighted by molar-refractivity contribution is -0.156. The molecule has 1 amide bonds. The predicted octanol–water partition coefficient (Wildman–Crippen LogP) is 2.20. The average Bonchev–Trinajstić information content (AvgIpc) is 2.26.